The van der Waals surface area contributed by atoms with Crippen LogP contribution >= 0.6 is 11.8 Å². The van der Waals surface area contributed by atoms with Crippen LogP contribution in [0.3, 0.4) is 0 Å². The summed E-state index contributed by atoms with van der Waals surface area (Å²) >= 11 is 1.59. The van der Waals surface area contributed by atoms with E-state index in [1.165, 1.54) is 6.92 Å². The molecule has 2 atom stereocenters. The molecule has 1 heterocycles. The van der Waals surface area contributed by atoms with Crippen LogP contribution < -0.4 is 0 Å². The van der Waals surface area contributed by atoms with Gasteiger partial charge in [0, 0.05) is 18.6 Å². The summed E-state index contributed by atoms with van der Waals surface area (Å²) < 4.78 is 4.64. The molecule has 1 aliphatic heterocycles. The lowest BCUT2D eigenvalue weighted by Gasteiger charge is -2.24. The number of hydrogen-bond acceptors (Lipinski definition) is 6. The molecule has 0 aromatic carbocycles. The van der Waals surface area contributed by atoms with Crippen molar-refractivity contribution < 1.29 is 19.4 Å². The van der Waals surface area contributed by atoms with Crippen LogP contribution in [0.25, 0.3) is 0 Å². The largest absolute Gasteiger partial charge is 0.458 e. The number of ether oxygens (including phenoxy) is 1. The van der Waals surface area contributed by atoms with E-state index in [1.807, 2.05) is 0 Å². The van der Waals surface area contributed by atoms with E-state index in [2.05, 4.69) is 4.74 Å². The standard InChI is InChI=1S/C9H15NO4S/c1-6(11)10-5-15-4-8(10)9(13)3-14-7(2)12/h6,8,11H,3-5H2,1-2H3. The Morgan fingerprint density at radius 2 is 2.33 bits per heavy atom. The van der Waals surface area contributed by atoms with Crippen molar-refractivity contribution in [2.75, 3.05) is 18.2 Å². The Labute approximate surface area is 92.8 Å². The number of carbonyl (C=O) groups is 2. The van der Waals surface area contributed by atoms with Crippen molar-refractivity contribution in [1.29, 1.82) is 0 Å². The van der Waals surface area contributed by atoms with Crippen LogP contribution in [0.4, 0.5) is 0 Å². The van der Waals surface area contributed by atoms with Gasteiger partial charge in [0.25, 0.3) is 0 Å². The number of hydrogen-bond donors (Lipinski definition) is 1. The zero-order valence-electron chi connectivity index (χ0n) is 8.80. The molecule has 86 valence electrons. The number of esters is 1. The second-order valence-corrected chi connectivity index (χ2v) is 4.41. The monoisotopic (exact) mass is 233 g/mol. The highest BCUT2D eigenvalue weighted by Gasteiger charge is 2.33. The highest BCUT2D eigenvalue weighted by atomic mass is 32.2. The second-order valence-electron chi connectivity index (χ2n) is 3.41. The number of Topliss-reactive ketones (excluding diaryl/α,β-unsaturated/α-hetero) is 1. The second kappa shape index (κ2) is 5.48. The maximum Gasteiger partial charge on any atom is 0.303 e. The fourth-order valence-corrected chi connectivity index (χ4v) is 2.68. The summed E-state index contributed by atoms with van der Waals surface area (Å²) in [5, 5.41) is 9.40. The van der Waals surface area contributed by atoms with Gasteiger partial charge in [-0.3, -0.25) is 14.5 Å². The van der Waals surface area contributed by atoms with Gasteiger partial charge in [-0.2, -0.15) is 0 Å². The average molecular weight is 233 g/mol. The Morgan fingerprint density at radius 1 is 1.67 bits per heavy atom. The SMILES string of the molecule is CC(=O)OCC(=O)C1CSCN1C(C)O. The lowest BCUT2D eigenvalue weighted by Crippen LogP contribution is -2.44. The van der Waals surface area contributed by atoms with Crippen LogP contribution in [0, 0.1) is 0 Å². The van der Waals surface area contributed by atoms with E-state index in [-0.39, 0.29) is 18.4 Å². The summed E-state index contributed by atoms with van der Waals surface area (Å²) in [5.74, 6) is 0.660. The van der Waals surface area contributed by atoms with E-state index in [4.69, 9.17) is 0 Å². The lowest BCUT2D eigenvalue weighted by molar-refractivity contribution is -0.147. The van der Waals surface area contributed by atoms with Crippen LogP contribution in [0.1, 0.15) is 13.8 Å². The molecule has 6 heteroatoms. The van der Waals surface area contributed by atoms with Crippen LogP contribution in [0.5, 0.6) is 0 Å². The van der Waals surface area contributed by atoms with E-state index in [0.29, 0.717) is 11.6 Å². The normalized spacial score (nSPS) is 23.8. The van der Waals surface area contributed by atoms with Crippen molar-refractivity contribution in [2.45, 2.75) is 26.1 Å². The summed E-state index contributed by atoms with van der Waals surface area (Å²) in [7, 11) is 0. The van der Waals surface area contributed by atoms with Gasteiger partial charge >= 0.3 is 5.97 Å². The Hall–Kier alpha value is -0.590. The fraction of sp³-hybridized carbons (Fsp3) is 0.778. The minimum atomic E-state index is -0.647. The first-order chi connectivity index (χ1) is 7.02. The number of aliphatic hydroxyl groups is 1. The Bertz CT molecular complexity index is 256. The third-order valence-electron chi connectivity index (χ3n) is 2.19. The van der Waals surface area contributed by atoms with Crippen molar-refractivity contribution in [3.63, 3.8) is 0 Å². The molecule has 0 aromatic rings. The van der Waals surface area contributed by atoms with Gasteiger partial charge in [-0.25, -0.2) is 0 Å². The smallest absolute Gasteiger partial charge is 0.303 e. The molecule has 1 rings (SSSR count). The van der Waals surface area contributed by atoms with E-state index in [1.54, 1.807) is 23.6 Å². The summed E-state index contributed by atoms with van der Waals surface area (Å²) in [6.07, 6.45) is -0.647. The van der Waals surface area contributed by atoms with E-state index < -0.39 is 12.2 Å². The topological polar surface area (TPSA) is 66.8 Å². The number of ketones is 1. The van der Waals surface area contributed by atoms with Gasteiger partial charge < -0.3 is 9.84 Å². The van der Waals surface area contributed by atoms with Gasteiger partial charge in [-0.05, 0) is 6.92 Å². The number of aliphatic hydroxyl groups excluding tert-OH is 1. The number of carbonyl (C=O) groups excluding carboxylic acids is 2. The van der Waals surface area contributed by atoms with Crippen LogP contribution in [-0.4, -0.2) is 52.3 Å². The third kappa shape index (κ3) is 3.48. The predicted octanol–water partition coefficient (Wildman–Crippen LogP) is -0.168. The summed E-state index contributed by atoms with van der Waals surface area (Å²) in [6.45, 7) is 2.69. The van der Waals surface area contributed by atoms with Gasteiger partial charge in [0.1, 0.15) is 6.23 Å². The summed E-state index contributed by atoms with van der Waals surface area (Å²) in [4.78, 5) is 23.8. The maximum absolute atomic E-state index is 11.6. The molecular weight excluding hydrogens is 218 g/mol. The predicted molar refractivity (Wildman–Crippen MR) is 56.3 cm³/mol. The van der Waals surface area contributed by atoms with E-state index in [0.717, 1.165) is 0 Å². The Morgan fingerprint density at radius 3 is 2.87 bits per heavy atom. The summed E-state index contributed by atoms with van der Waals surface area (Å²) in [6, 6.07) is -0.339. The zero-order chi connectivity index (χ0) is 11.4. The highest BCUT2D eigenvalue weighted by Crippen LogP contribution is 2.23. The van der Waals surface area contributed by atoms with Crippen molar-refractivity contribution in [3.05, 3.63) is 0 Å². The molecule has 0 spiro atoms. The molecule has 0 radical (unpaired) electrons. The molecule has 1 aliphatic rings. The molecular formula is C9H15NO4S. The van der Waals surface area contributed by atoms with Crippen molar-refractivity contribution >= 4 is 23.5 Å². The molecule has 0 aromatic heterocycles. The molecule has 1 saturated heterocycles. The quantitative estimate of drug-likeness (QED) is 0.680. The van der Waals surface area contributed by atoms with Gasteiger partial charge in [0.05, 0.1) is 6.04 Å². The first-order valence-electron chi connectivity index (χ1n) is 4.70. The van der Waals surface area contributed by atoms with Gasteiger partial charge in [-0.15, -0.1) is 11.8 Å². The lowest BCUT2D eigenvalue weighted by atomic mass is 10.2. The van der Waals surface area contributed by atoms with Crippen LogP contribution in [-0.2, 0) is 14.3 Å². The molecule has 0 aliphatic carbocycles. The van der Waals surface area contributed by atoms with Gasteiger partial charge in [0.15, 0.2) is 12.4 Å². The van der Waals surface area contributed by atoms with Crippen molar-refractivity contribution in [1.82, 2.24) is 4.90 Å². The molecule has 0 bridgehead atoms. The minimum absolute atomic E-state index is 0.156. The minimum Gasteiger partial charge on any atom is -0.458 e. The molecule has 0 amide bonds. The van der Waals surface area contributed by atoms with Gasteiger partial charge in [0.2, 0.25) is 0 Å². The zero-order valence-corrected chi connectivity index (χ0v) is 9.62. The maximum atomic E-state index is 11.6. The molecule has 1 fully saturated rings. The van der Waals surface area contributed by atoms with Crippen LogP contribution in [0.2, 0.25) is 0 Å². The molecule has 1 N–H and O–H groups in total. The molecule has 0 saturated carbocycles. The average Bonchev–Trinajstić information content (AvgIpc) is 2.62. The highest BCUT2D eigenvalue weighted by molar-refractivity contribution is 7.99. The van der Waals surface area contributed by atoms with E-state index >= 15 is 0 Å². The molecule has 5 nitrogen and oxygen atoms in total. The van der Waals surface area contributed by atoms with E-state index in [9.17, 15) is 14.7 Å². The molecule has 2 unspecified atom stereocenters. The number of rotatable bonds is 4. The Balaban J connectivity index is 2.47. The number of thioether (sulfide) groups is 1. The third-order valence-corrected chi connectivity index (χ3v) is 3.22. The number of nitrogens with zero attached hydrogens (tertiary/aromatic N) is 1. The Kier molecular flexibility index (Phi) is 4.56. The van der Waals surface area contributed by atoms with Gasteiger partial charge in [-0.1, -0.05) is 0 Å². The fourth-order valence-electron chi connectivity index (χ4n) is 1.37. The summed E-state index contributed by atoms with van der Waals surface area (Å²) in [5.41, 5.74) is 0. The first-order valence-corrected chi connectivity index (χ1v) is 5.85. The molecule has 15 heavy (non-hydrogen) atoms. The van der Waals surface area contributed by atoms with Crippen LogP contribution in [0.15, 0.2) is 0 Å². The van der Waals surface area contributed by atoms with Crippen molar-refractivity contribution in [2.24, 2.45) is 0 Å². The van der Waals surface area contributed by atoms with Crippen molar-refractivity contribution in [3.8, 4) is 0 Å². The first kappa shape index (κ1) is 12.5.